The zero-order valence-corrected chi connectivity index (χ0v) is 12.7. The summed E-state index contributed by atoms with van der Waals surface area (Å²) in [6.45, 7) is 2.27. The molecule has 1 fully saturated rings. The molecule has 0 aromatic heterocycles. The predicted molar refractivity (Wildman–Crippen MR) is 79.8 cm³/mol. The predicted octanol–water partition coefficient (Wildman–Crippen LogP) is 4.03. The maximum Gasteiger partial charge on any atom is 0.183 e. The van der Waals surface area contributed by atoms with Gasteiger partial charge in [0.1, 0.15) is 0 Å². The Morgan fingerprint density at radius 1 is 1.32 bits per heavy atom. The van der Waals surface area contributed by atoms with Crippen LogP contribution in [0.5, 0.6) is 0 Å². The SMILES string of the molecule is CC1CCC(C(=O)c2cccc(Cl)c2)(N(C)C)CC1. The second-order valence-electron chi connectivity index (χ2n) is 5.95. The minimum atomic E-state index is -0.350. The van der Waals surface area contributed by atoms with Crippen LogP contribution in [0.4, 0.5) is 0 Å². The number of likely N-dealkylation sites (N-methyl/N-ethyl adjacent to an activating group) is 1. The molecule has 2 rings (SSSR count). The summed E-state index contributed by atoms with van der Waals surface area (Å²) in [4.78, 5) is 15.0. The van der Waals surface area contributed by atoms with E-state index < -0.39 is 0 Å². The summed E-state index contributed by atoms with van der Waals surface area (Å²) in [5.41, 5.74) is 0.382. The highest BCUT2D eigenvalue weighted by atomic mass is 35.5. The minimum absolute atomic E-state index is 0.215. The molecule has 1 aliphatic carbocycles. The van der Waals surface area contributed by atoms with Crippen molar-refractivity contribution in [2.45, 2.75) is 38.1 Å². The average Bonchev–Trinajstić information content (AvgIpc) is 2.39. The summed E-state index contributed by atoms with van der Waals surface area (Å²) in [6.07, 6.45) is 4.11. The highest BCUT2D eigenvalue weighted by molar-refractivity contribution is 6.31. The monoisotopic (exact) mass is 279 g/mol. The van der Waals surface area contributed by atoms with Gasteiger partial charge in [-0.2, -0.15) is 0 Å². The number of nitrogens with zero attached hydrogens (tertiary/aromatic N) is 1. The van der Waals surface area contributed by atoms with Gasteiger partial charge in [-0.15, -0.1) is 0 Å². The van der Waals surface area contributed by atoms with Gasteiger partial charge in [-0.1, -0.05) is 30.7 Å². The van der Waals surface area contributed by atoms with Crippen LogP contribution in [0.2, 0.25) is 5.02 Å². The Bertz CT molecular complexity index is 462. The molecule has 0 bridgehead atoms. The van der Waals surface area contributed by atoms with Gasteiger partial charge in [0.25, 0.3) is 0 Å². The van der Waals surface area contributed by atoms with Crippen molar-refractivity contribution in [2.75, 3.05) is 14.1 Å². The Balaban J connectivity index is 2.32. The van der Waals surface area contributed by atoms with Crippen molar-refractivity contribution in [1.82, 2.24) is 4.90 Å². The Morgan fingerprint density at radius 3 is 2.47 bits per heavy atom. The van der Waals surface area contributed by atoms with E-state index >= 15 is 0 Å². The number of Topliss-reactive ketones (excluding diaryl/α,β-unsaturated/α-hetero) is 1. The van der Waals surface area contributed by atoms with Gasteiger partial charge in [0.15, 0.2) is 5.78 Å². The third kappa shape index (κ3) is 2.85. The van der Waals surface area contributed by atoms with Crippen molar-refractivity contribution in [3.05, 3.63) is 34.9 Å². The number of ketones is 1. The second-order valence-corrected chi connectivity index (χ2v) is 6.38. The summed E-state index contributed by atoms with van der Waals surface area (Å²) in [5.74, 6) is 0.937. The maximum absolute atomic E-state index is 12.9. The van der Waals surface area contributed by atoms with E-state index in [9.17, 15) is 4.79 Å². The highest BCUT2D eigenvalue weighted by Gasteiger charge is 2.43. The van der Waals surface area contributed by atoms with Gasteiger partial charge in [-0.25, -0.2) is 0 Å². The highest BCUT2D eigenvalue weighted by Crippen LogP contribution is 2.37. The lowest BCUT2D eigenvalue weighted by molar-refractivity contribution is 0.0513. The minimum Gasteiger partial charge on any atom is -0.297 e. The molecule has 3 heteroatoms. The summed E-state index contributed by atoms with van der Waals surface area (Å²) in [5, 5.41) is 0.629. The van der Waals surface area contributed by atoms with Crippen LogP contribution in [0.15, 0.2) is 24.3 Å². The molecular weight excluding hydrogens is 258 g/mol. The van der Waals surface area contributed by atoms with E-state index in [2.05, 4.69) is 11.8 Å². The Kier molecular flexibility index (Phi) is 4.32. The van der Waals surface area contributed by atoms with E-state index in [0.717, 1.165) is 37.2 Å². The van der Waals surface area contributed by atoms with Gasteiger partial charge in [0, 0.05) is 10.6 Å². The van der Waals surface area contributed by atoms with E-state index in [4.69, 9.17) is 11.6 Å². The maximum atomic E-state index is 12.9. The number of carbonyl (C=O) groups excluding carboxylic acids is 1. The van der Waals surface area contributed by atoms with Crippen molar-refractivity contribution in [3.63, 3.8) is 0 Å². The standard InChI is InChI=1S/C16H22ClNO/c1-12-7-9-16(10-8-12,18(2)3)15(19)13-5-4-6-14(17)11-13/h4-6,11-12H,7-10H2,1-3H3. The first kappa shape index (κ1) is 14.5. The van der Waals surface area contributed by atoms with Gasteiger partial charge >= 0.3 is 0 Å². The van der Waals surface area contributed by atoms with Crippen LogP contribution in [-0.4, -0.2) is 30.3 Å². The first-order valence-electron chi connectivity index (χ1n) is 6.93. The van der Waals surface area contributed by atoms with Crippen LogP contribution in [0.1, 0.15) is 43.0 Å². The van der Waals surface area contributed by atoms with Crippen LogP contribution in [0.3, 0.4) is 0 Å². The van der Waals surface area contributed by atoms with E-state index in [-0.39, 0.29) is 11.3 Å². The molecule has 104 valence electrons. The lowest BCUT2D eigenvalue weighted by Crippen LogP contribution is -2.53. The van der Waals surface area contributed by atoms with Crippen LogP contribution in [0.25, 0.3) is 0 Å². The molecule has 0 spiro atoms. The summed E-state index contributed by atoms with van der Waals surface area (Å²) in [7, 11) is 4.02. The van der Waals surface area contributed by atoms with E-state index in [1.165, 1.54) is 0 Å². The fourth-order valence-corrected chi connectivity index (χ4v) is 3.21. The number of hydrogen-bond donors (Lipinski definition) is 0. The molecular formula is C16H22ClNO. The molecule has 0 atom stereocenters. The Morgan fingerprint density at radius 2 is 1.95 bits per heavy atom. The average molecular weight is 280 g/mol. The van der Waals surface area contributed by atoms with Crippen LogP contribution in [-0.2, 0) is 0 Å². The smallest absolute Gasteiger partial charge is 0.183 e. The summed E-state index contributed by atoms with van der Waals surface area (Å²) < 4.78 is 0. The van der Waals surface area contributed by atoms with Crippen molar-refractivity contribution < 1.29 is 4.79 Å². The van der Waals surface area contributed by atoms with Crippen molar-refractivity contribution >= 4 is 17.4 Å². The summed E-state index contributed by atoms with van der Waals surface area (Å²) in [6, 6.07) is 7.32. The Hall–Kier alpha value is -0.860. The zero-order valence-electron chi connectivity index (χ0n) is 11.9. The molecule has 2 nitrogen and oxygen atoms in total. The quantitative estimate of drug-likeness (QED) is 0.779. The van der Waals surface area contributed by atoms with Crippen LogP contribution >= 0.6 is 11.6 Å². The van der Waals surface area contributed by atoms with Gasteiger partial charge in [0.2, 0.25) is 0 Å². The molecule has 0 unspecified atom stereocenters. The number of halogens is 1. The molecule has 19 heavy (non-hydrogen) atoms. The van der Waals surface area contributed by atoms with Gasteiger partial charge in [-0.05, 0) is 57.8 Å². The van der Waals surface area contributed by atoms with Gasteiger partial charge in [-0.3, -0.25) is 9.69 Å². The number of benzene rings is 1. The molecule has 0 radical (unpaired) electrons. The lowest BCUT2D eigenvalue weighted by Gasteiger charge is -2.43. The van der Waals surface area contributed by atoms with Gasteiger partial charge < -0.3 is 0 Å². The summed E-state index contributed by atoms with van der Waals surface area (Å²) >= 11 is 6.01. The fourth-order valence-electron chi connectivity index (χ4n) is 3.02. The largest absolute Gasteiger partial charge is 0.297 e. The van der Waals surface area contributed by atoms with Crippen molar-refractivity contribution in [2.24, 2.45) is 5.92 Å². The number of carbonyl (C=O) groups is 1. The van der Waals surface area contributed by atoms with Crippen LogP contribution < -0.4 is 0 Å². The lowest BCUT2D eigenvalue weighted by atomic mass is 9.72. The van der Waals surface area contributed by atoms with E-state index in [0.29, 0.717) is 5.02 Å². The number of rotatable bonds is 3. The first-order valence-corrected chi connectivity index (χ1v) is 7.31. The molecule has 0 heterocycles. The molecule has 0 N–H and O–H groups in total. The Labute approximate surface area is 120 Å². The molecule has 1 saturated carbocycles. The second kappa shape index (κ2) is 5.64. The molecule has 0 saturated heterocycles. The normalized spacial score (nSPS) is 27.5. The van der Waals surface area contributed by atoms with Gasteiger partial charge in [0.05, 0.1) is 5.54 Å². The molecule has 0 amide bonds. The third-order valence-electron chi connectivity index (χ3n) is 4.47. The molecule has 1 aromatic rings. The zero-order chi connectivity index (χ0) is 14.0. The van der Waals surface area contributed by atoms with E-state index in [1.807, 2.05) is 32.3 Å². The first-order chi connectivity index (χ1) is 8.95. The molecule has 1 aliphatic rings. The topological polar surface area (TPSA) is 20.3 Å². The van der Waals surface area contributed by atoms with Crippen LogP contribution in [0, 0.1) is 5.92 Å². The van der Waals surface area contributed by atoms with E-state index in [1.54, 1.807) is 6.07 Å². The fraction of sp³-hybridized carbons (Fsp3) is 0.562. The van der Waals surface area contributed by atoms with Crippen molar-refractivity contribution in [3.8, 4) is 0 Å². The molecule has 1 aromatic carbocycles. The number of hydrogen-bond acceptors (Lipinski definition) is 2. The third-order valence-corrected chi connectivity index (χ3v) is 4.70. The van der Waals surface area contributed by atoms with Crippen molar-refractivity contribution in [1.29, 1.82) is 0 Å². The molecule has 0 aliphatic heterocycles.